The molecule has 1 aromatic carbocycles. The van der Waals surface area contributed by atoms with Gasteiger partial charge in [-0.05, 0) is 49.1 Å². The van der Waals surface area contributed by atoms with Crippen LogP contribution in [0.5, 0.6) is 0 Å². The molecule has 4 aromatic rings. The van der Waals surface area contributed by atoms with E-state index in [1.54, 1.807) is 17.1 Å². The highest BCUT2D eigenvalue weighted by Crippen LogP contribution is 2.27. The number of nitrogens with zero attached hydrogens (tertiary/aromatic N) is 5. The molecule has 1 amide bonds. The Labute approximate surface area is 179 Å². The topological polar surface area (TPSA) is 122 Å². The van der Waals surface area contributed by atoms with E-state index in [1.165, 1.54) is 6.07 Å². The lowest BCUT2D eigenvalue weighted by Crippen LogP contribution is -2.35. The minimum atomic E-state index is -4.52. The molecule has 0 spiro atoms. The summed E-state index contributed by atoms with van der Waals surface area (Å²) in [5.41, 5.74) is 1.85. The highest BCUT2D eigenvalue weighted by atomic mass is 19.4. The predicted octanol–water partition coefficient (Wildman–Crippen LogP) is 3.37. The number of fused-ring (bicyclic) bond motifs is 1. The van der Waals surface area contributed by atoms with Crippen LogP contribution in [-0.4, -0.2) is 47.4 Å². The molecule has 0 fully saturated rings. The molecule has 4 rings (SSSR count). The number of aromatic amines is 1. The number of H-pyrrole nitrogens is 1. The maximum absolute atomic E-state index is 12.7. The molecule has 0 saturated heterocycles. The first-order valence-electron chi connectivity index (χ1n) is 9.64. The van der Waals surface area contributed by atoms with E-state index in [2.05, 4.69) is 30.8 Å². The first-order chi connectivity index (χ1) is 15.3. The summed E-state index contributed by atoms with van der Waals surface area (Å²) in [6.07, 6.45) is -0.171. The Bertz CT molecular complexity index is 1220. The van der Waals surface area contributed by atoms with E-state index in [0.29, 0.717) is 24.1 Å². The van der Waals surface area contributed by atoms with Gasteiger partial charge in [0.25, 0.3) is 0 Å². The second kappa shape index (κ2) is 8.65. The molecule has 9 nitrogen and oxygen atoms in total. The number of carbonyl (C=O) groups is 1. The van der Waals surface area contributed by atoms with E-state index in [0.717, 1.165) is 28.9 Å². The number of aryl methyl sites for hydroxylation is 1. The minimum absolute atomic E-state index is 0.197. The van der Waals surface area contributed by atoms with Crippen molar-refractivity contribution >= 4 is 17.0 Å². The van der Waals surface area contributed by atoms with Gasteiger partial charge in [-0.2, -0.15) is 18.3 Å². The lowest BCUT2D eigenvalue weighted by atomic mass is 10.0. The molecule has 166 valence electrons. The highest BCUT2D eigenvalue weighted by molar-refractivity contribution is 5.80. The summed E-state index contributed by atoms with van der Waals surface area (Å²) in [7, 11) is 0. The van der Waals surface area contributed by atoms with E-state index in [-0.39, 0.29) is 6.42 Å². The van der Waals surface area contributed by atoms with Gasteiger partial charge in [-0.25, -0.2) is 9.48 Å². The smallest absolute Gasteiger partial charge is 0.433 e. The monoisotopic (exact) mass is 445 g/mol. The van der Waals surface area contributed by atoms with Crippen molar-refractivity contribution in [3.63, 3.8) is 0 Å². The largest absolute Gasteiger partial charge is 0.465 e. The average Bonchev–Trinajstić information content (AvgIpc) is 3.40. The van der Waals surface area contributed by atoms with Crippen LogP contribution in [0, 0.1) is 0 Å². The Morgan fingerprint density at radius 3 is 2.78 bits per heavy atom. The molecule has 0 aliphatic rings. The summed E-state index contributed by atoms with van der Waals surface area (Å²) in [5.74, 6) is 0. The van der Waals surface area contributed by atoms with Crippen LogP contribution < -0.4 is 5.32 Å². The number of benzene rings is 1. The fourth-order valence-corrected chi connectivity index (χ4v) is 3.33. The first kappa shape index (κ1) is 21.3. The summed E-state index contributed by atoms with van der Waals surface area (Å²) >= 11 is 0. The normalized spacial score (nSPS) is 12.7. The maximum Gasteiger partial charge on any atom is 0.433 e. The molecule has 3 heterocycles. The number of halogens is 3. The van der Waals surface area contributed by atoms with Crippen molar-refractivity contribution in [2.45, 2.75) is 31.5 Å². The summed E-state index contributed by atoms with van der Waals surface area (Å²) in [5, 5.41) is 27.5. The number of aromatic nitrogens is 6. The predicted molar refractivity (Wildman–Crippen MR) is 107 cm³/mol. The van der Waals surface area contributed by atoms with Crippen molar-refractivity contribution in [2.75, 3.05) is 0 Å². The number of rotatable bonds is 7. The average molecular weight is 445 g/mol. The molecular weight excluding hydrogens is 427 g/mol. The second-order valence-corrected chi connectivity index (χ2v) is 7.23. The van der Waals surface area contributed by atoms with Gasteiger partial charge in [-0.3, -0.25) is 10.1 Å². The molecule has 0 radical (unpaired) electrons. The highest BCUT2D eigenvalue weighted by Gasteiger charge is 2.32. The second-order valence-electron chi connectivity index (χ2n) is 7.23. The molecular formula is C20H18F3N7O2. The fraction of sp³-hybridized carbons (Fsp3) is 0.250. The van der Waals surface area contributed by atoms with E-state index in [4.69, 9.17) is 5.11 Å². The zero-order valence-corrected chi connectivity index (χ0v) is 16.5. The van der Waals surface area contributed by atoms with Gasteiger partial charge in [0.2, 0.25) is 0 Å². The number of carboxylic acid groups (broad SMARTS) is 1. The van der Waals surface area contributed by atoms with Crippen molar-refractivity contribution in [1.29, 1.82) is 0 Å². The van der Waals surface area contributed by atoms with Crippen LogP contribution in [0.2, 0.25) is 0 Å². The fourth-order valence-electron chi connectivity index (χ4n) is 3.33. The molecule has 0 aliphatic heterocycles. The van der Waals surface area contributed by atoms with E-state index >= 15 is 0 Å². The molecule has 0 saturated carbocycles. The Kier molecular flexibility index (Phi) is 5.75. The Balaban J connectivity index is 1.42. The molecule has 32 heavy (non-hydrogen) atoms. The number of hydrogen-bond donors (Lipinski definition) is 3. The van der Waals surface area contributed by atoms with Crippen molar-refractivity contribution in [3.8, 4) is 5.69 Å². The minimum Gasteiger partial charge on any atom is -0.465 e. The SMILES string of the molecule is O=C(O)N[C@H](CCc1cn(-c2ccc3[nH]ncc3c2)nn1)Cc1ccc(C(F)(F)F)nc1. The molecule has 0 unspecified atom stereocenters. The van der Waals surface area contributed by atoms with Gasteiger partial charge in [-0.15, -0.1) is 5.10 Å². The van der Waals surface area contributed by atoms with Crippen LogP contribution >= 0.6 is 0 Å². The summed E-state index contributed by atoms with van der Waals surface area (Å²) in [4.78, 5) is 14.6. The van der Waals surface area contributed by atoms with Gasteiger partial charge in [-0.1, -0.05) is 11.3 Å². The zero-order valence-electron chi connectivity index (χ0n) is 16.5. The van der Waals surface area contributed by atoms with Crippen LogP contribution in [0.25, 0.3) is 16.6 Å². The number of pyridine rings is 1. The Morgan fingerprint density at radius 1 is 1.22 bits per heavy atom. The van der Waals surface area contributed by atoms with Crippen molar-refractivity contribution < 1.29 is 23.1 Å². The van der Waals surface area contributed by atoms with Gasteiger partial charge in [0.05, 0.1) is 29.3 Å². The van der Waals surface area contributed by atoms with E-state index in [1.807, 2.05) is 18.2 Å². The summed E-state index contributed by atoms with van der Waals surface area (Å²) < 4.78 is 39.6. The first-order valence-corrected chi connectivity index (χ1v) is 9.64. The summed E-state index contributed by atoms with van der Waals surface area (Å²) in [6.45, 7) is 0. The number of hydrogen-bond acceptors (Lipinski definition) is 5. The lowest BCUT2D eigenvalue weighted by Gasteiger charge is -2.16. The summed E-state index contributed by atoms with van der Waals surface area (Å²) in [6, 6.07) is 7.31. The van der Waals surface area contributed by atoms with E-state index < -0.39 is 24.0 Å². The lowest BCUT2D eigenvalue weighted by molar-refractivity contribution is -0.141. The third-order valence-corrected chi connectivity index (χ3v) is 4.90. The Morgan fingerprint density at radius 2 is 2.06 bits per heavy atom. The van der Waals surface area contributed by atoms with Gasteiger partial charge < -0.3 is 10.4 Å². The number of amides is 1. The van der Waals surface area contributed by atoms with Gasteiger partial charge in [0.15, 0.2) is 0 Å². The standard InChI is InChI=1S/C20H18F3N7O2/c21-20(22,23)18-6-1-12(9-24-18)7-14(26-19(31)32)2-3-15-11-30(29-27-15)16-4-5-17-13(8-16)10-25-28-17/h1,4-6,8-11,14,26H,2-3,7H2,(H,25,28)(H,31,32)/t14-/m1/s1. The van der Waals surface area contributed by atoms with Gasteiger partial charge in [0, 0.05) is 17.6 Å². The van der Waals surface area contributed by atoms with Crippen molar-refractivity contribution in [1.82, 2.24) is 35.5 Å². The molecule has 3 aromatic heterocycles. The third kappa shape index (κ3) is 5.02. The van der Waals surface area contributed by atoms with Crippen LogP contribution in [0.15, 0.2) is 48.9 Å². The van der Waals surface area contributed by atoms with Gasteiger partial charge >= 0.3 is 12.3 Å². The van der Waals surface area contributed by atoms with E-state index in [9.17, 15) is 18.0 Å². The van der Waals surface area contributed by atoms with Crippen LogP contribution in [0.4, 0.5) is 18.0 Å². The van der Waals surface area contributed by atoms with Crippen LogP contribution in [0.1, 0.15) is 23.4 Å². The Hall–Kier alpha value is -3.96. The number of alkyl halides is 3. The van der Waals surface area contributed by atoms with Crippen molar-refractivity contribution in [2.24, 2.45) is 0 Å². The van der Waals surface area contributed by atoms with Crippen LogP contribution in [-0.2, 0) is 19.0 Å². The van der Waals surface area contributed by atoms with Crippen LogP contribution in [0.3, 0.4) is 0 Å². The molecule has 3 N–H and O–H groups in total. The maximum atomic E-state index is 12.7. The molecule has 0 bridgehead atoms. The molecule has 0 aliphatic carbocycles. The quantitative estimate of drug-likeness (QED) is 0.401. The third-order valence-electron chi connectivity index (χ3n) is 4.90. The molecule has 1 atom stereocenters. The van der Waals surface area contributed by atoms with Crippen molar-refractivity contribution in [3.05, 3.63) is 65.9 Å². The zero-order chi connectivity index (χ0) is 22.7. The molecule has 12 heteroatoms. The van der Waals surface area contributed by atoms with Gasteiger partial charge in [0.1, 0.15) is 5.69 Å². The number of nitrogens with one attached hydrogen (secondary N) is 2.